The number of aromatic nitrogens is 1. The lowest BCUT2D eigenvalue weighted by molar-refractivity contribution is 0.111. The number of rotatable bonds is 3. The Morgan fingerprint density at radius 2 is 2.21 bits per heavy atom. The minimum absolute atomic E-state index is 0.0182. The second-order valence-corrected chi connectivity index (χ2v) is 3.00. The first-order valence-electron chi connectivity index (χ1n) is 3.58. The molecule has 0 bridgehead atoms. The Hall–Kier alpha value is -0.910. The molecule has 14 heavy (non-hydrogen) atoms. The van der Waals surface area contributed by atoms with Gasteiger partial charge in [-0.25, -0.2) is 13.2 Å². The number of carbonyl (C=O) groups excluding carboxylic acids is 1. The van der Waals surface area contributed by atoms with E-state index >= 15 is 0 Å². The molecule has 6 heteroatoms. The van der Waals surface area contributed by atoms with E-state index in [4.69, 9.17) is 0 Å². The molecule has 1 rings (SSSR count). The summed E-state index contributed by atoms with van der Waals surface area (Å²) in [5.41, 5.74) is -0.968. The Bertz CT molecular complexity index is 357. The normalized spacial score (nSPS) is 10.6. The monoisotopic (exact) mass is 267 g/mol. The van der Waals surface area contributed by atoms with Gasteiger partial charge in [-0.2, -0.15) is 0 Å². The summed E-state index contributed by atoms with van der Waals surface area (Å²) in [6.45, 7) is 0. The average Bonchev–Trinajstić information content (AvgIpc) is 2.16. The molecule has 0 fully saturated rings. The van der Waals surface area contributed by atoms with Crippen molar-refractivity contribution in [3.63, 3.8) is 0 Å². The van der Waals surface area contributed by atoms with Gasteiger partial charge in [-0.05, 0) is 0 Å². The second kappa shape index (κ2) is 4.54. The fourth-order valence-electron chi connectivity index (χ4n) is 0.932. The Morgan fingerprint density at radius 3 is 2.64 bits per heavy atom. The van der Waals surface area contributed by atoms with Crippen LogP contribution in [0.2, 0.25) is 0 Å². The highest BCUT2D eigenvalue weighted by Gasteiger charge is 2.16. The van der Waals surface area contributed by atoms with Crippen LogP contribution in [-0.4, -0.2) is 11.3 Å². The van der Waals surface area contributed by atoms with Gasteiger partial charge in [0.1, 0.15) is 11.5 Å². The number of nitrogens with zero attached hydrogens (tertiary/aromatic N) is 1. The van der Waals surface area contributed by atoms with Gasteiger partial charge in [0.15, 0.2) is 6.29 Å². The molecule has 0 N–H and O–H groups in total. The number of alkyl halides is 3. The van der Waals surface area contributed by atoms with Crippen molar-refractivity contribution >= 4 is 22.2 Å². The maximum Gasteiger partial charge on any atom is 0.280 e. The number of halogens is 4. The molecular weight excluding hydrogens is 263 g/mol. The SMILES string of the molecule is O=Cc1c(F)cc(C(F)F)nc1CBr. The summed E-state index contributed by atoms with van der Waals surface area (Å²) in [7, 11) is 0. The number of pyridine rings is 1. The lowest BCUT2D eigenvalue weighted by Gasteiger charge is -2.05. The molecule has 0 unspecified atom stereocenters. The van der Waals surface area contributed by atoms with E-state index in [1.165, 1.54) is 0 Å². The summed E-state index contributed by atoms with van der Waals surface area (Å²) in [5.74, 6) is -0.972. The van der Waals surface area contributed by atoms with Crippen molar-refractivity contribution in [1.82, 2.24) is 4.98 Å². The summed E-state index contributed by atoms with van der Waals surface area (Å²) in [4.78, 5) is 13.9. The van der Waals surface area contributed by atoms with Crippen molar-refractivity contribution in [3.05, 3.63) is 28.8 Å². The maximum absolute atomic E-state index is 13.0. The molecule has 0 aromatic carbocycles. The van der Waals surface area contributed by atoms with E-state index in [2.05, 4.69) is 20.9 Å². The first-order valence-corrected chi connectivity index (χ1v) is 4.71. The summed E-state index contributed by atoms with van der Waals surface area (Å²) in [6.07, 6.45) is -2.59. The van der Waals surface area contributed by atoms with E-state index in [0.29, 0.717) is 6.07 Å². The van der Waals surface area contributed by atoms with Crippen LogP contribution in [0.25, 0.3) is 0 Å². The minimum atomic E-state index is -2.84. The van der Waals surface area contributed by atoms with Gasteiger partial charge in [0.25, 0.3) is 6.43 Å². The lowest BCUT2D eigenvalue weighted by Crippen LogP contribution is -2.03. The minimum Gasteiger partial charge on any atom is -0.298 e. The Balaban J connectivity index is 3.31. The molecule has 0 aliphatic heterocycles. The van der Waals surface area contributed by atoms with Crippen LogP contribution in [0.5, 0.6) is 0 Å². The molecule has 0 aliphatic carbocycles. The van der Waals surface area contributed by atoms with E-state index in [0.717, 1.165) is 0 Å². The van der Waals surface area contributed by atoms with Crippen molar-refractivity contribution in [3.8, 4) is 0 Å². The summed E-state index contributed by atoms with van der Waals surface area (Å²) >= 11 is 2.93. The predicted octanol–water partition coefficient (Wildman–Crippen LogP) is 2.87. The third-order valence-corrected chi connectivity index (χ3v) is 2.11. The van der Waals surface area contributed by atoms with Crippen LogP contribution in [0.4, 0.5) is 13.2 Å². The number of carbonyl (C=O) groups is 1. The molecule has 1 aromatic heterocycles. The smallest absolute Gasteiger partial charge is 0.280 e. The molecule has 0 saturated carbocycles. The van der Waals surface area contributed by atoms with Gasteiger partial charge >= 0.3 is 0 Å². The van der Waals surface area contributed by atoms with E-state index < -0.39 is 17.9 Å². The van der Waals surface area contributed by atoms with Crippen molar-refractivity contribution in [2.45, 2.75) is 11.8 Å². The third-order valence-electron chi connectivity index (χ3n) is 1.57. The quantitative estimate of drug-likeness (QED) is 0.623. The predicted molar refractivity (Wildman–Crippen MR) is 47.2 cm³/mol. The molecule has 0 radical (unpaired) electrons. The van der Waals surface area contributed by atoms with E-state index in [1.54, 1.807) is 0 Å². The molecule has 0 amide bonds. The molecule has 0 spiro atoms. The average molecular weight is 268 g/mol. The summed E-state index contributed by atoms with van der Waals surface area (Å²) < 4.78 is 37.4. The Labute approximate surface area is 86.3 Å². The molecule has 1 heterocycles. The fourth-order valence-corrected chi connectivity index (χ4v) is 1.36. The van der Waals surface area contributed by atoms with Crippen molar-refractivity contribution < 1.29 is 18.0 Å². The zero-order valence-corrected chi connectivity index (χ0v) is 8.39. The highest BCUT2D eigenvalue weighted by molar-refractivity contribution is 9.08. The van der Waals surface area contributed by atoms with E-state index in [-0.39, 0.29) is 22.9 Å². The van der Waals surface area contributed by atoms with Gasteiger partial charge in [0.2, 0.25) is 0 Å². The molecule has 0 atom stereocenters. The molecular formula is C8H5BrF3NO. The van der Waals surface area contributed by atoms with Crippen LogP contribution in [0.1, 0.15) is 28.2 Å². The van der Waals surface area contributed by atoms with Gasteiger partial charge in [-0.3, -0.25) is 9.78 Å². The van der Waals surface area contributed by atoms with Gasteiger partial charge in [0, 0.05) is 11.4 Å². The molecule has 0 aliphatic rings. The maximum atomic E-state index is 13.0. The first-order chi connectivity index (χ1) is 6.60. The summed E-state index contributed by atoms with van der Waals surface area (Å²) in [5, 5.41) is 0.0541. The molecule has 0 saturated heterocycles. The van der Waals surface area contributed by atoms with Gasteiger partial charge < -0.3 is 0 Å². The van der Waals surface area contributed by atoms with Gasteiger partial charge in [-0.15, -0.1) is 0 Å². The fraction of sp³-hybridized carbons (Fsp3) is 0.250. The Morgan fingerprint density at radius 1 is 1.57 bits per heavy atom. The first kappa shape index (κ1) is 11.2. The molecule has 2 nitrogen and oxygen atoms in total. The number of hydrogen-bond donors (Lipinski definition) is 0. The number of hydrogen-bond acceptors (Lipinski definition) is 2. The Kier molecular flexibility index (Phi) is 3.62. The summed E-state index contributed by atoms with van der Waals surface area (Å²) in [6, 6.07) is 0.570. The van der Waals surface area contributed by atoms with Crippen molar-refractivity contribution in [2.75, 3.05) is 0 Å². The van der Waals surface area contributed by atoms with Crippen LogP contribution in [0.3, 0.4) is 0 Å². The van der Waals surface area contributed by atoms with Crippen LogP contribution >= 0.6 is 15.9 Å². The molecule has 1 aromatic rings. The zero-order valence-electron chi connectivity index (χ0n) is 6.81. The van der Waals surface area contributed by atoms with Crippen molar-refractivity contribution in [2.24, 2.45) is 0 Å². The number of aldehydes is 1. The molecule has 76 valence electrons. The highest BCUT2D eigenvalue weighted by Crippen LogP contribution is 2.21. The topological polar surface area (TPSA) is 30.0 Å². The van der Waals surface area contributed by atoms with Gasteiger partial charge in [-0.1, -0.05) is 15.9 Å². The van der Waals surface area contributed by atoms with Crippen molar-refractivity contribution in [1.29, 1.82) is 0 Å². The van der Waals surface area contributed by atoms with E-state index in [1.807, 2.05) is 0 Å². The second-order valence-electron chi connectivity index (χ2n) is 2.44. The largest absolute Gasteiger partial charge is 0.298 e. The van der Waals surface area contributed by atoms with E-state index in [9.17, 15) is 18.0 Å². The van der Waals surface area contributed by atoms with Crippen LogP contribution in [0.15, 0.2) is 6.07 Å². The third kappa shape index (κ3) is 2.12. The van der Waals surface area contributed by atoms with Crippen LogP contribution in [-0.2, 0) is 5.33 Å². The highest BCUT2D eigenvalue weighted by atomic mass is 79.9. The van der Waals surface area contributed by atoms with Crippen LogP contribution < -0.4 is 0 Å². The van der Waals surface area contributed by atoms with Crippen LogP contribution in [0, 0.1) is 5.82 Å². The zero-order chi connectivity index (χ0) is 10.7. The van der Waals surface area contributed by atoms with Gasteiger partial charge in [0.05, 0.1) is 11.3 Å². The lowest BCUT2D eigenvalue weighted by atomic mass is 10.2. The standard InChI is InChI=1S/C8H5BrF3NO/c9-2-7-4(3-14)5(10)1-6(13-7)8(11)12/h1,3,8H,2H2.